The second-order valence-corrected chi connectivity index (χ2v) is 7.80. The van der Waals surface area contributed by atoms with Crippen LogP contribution in [0.15, 0.2) is 59.5 Å². The van der Waals surface area contributed by atoms with Crippen molar-refractivity contribution in [3.05, 3.63) is 54.6 Å². The zero-order chi connectivity index (χ0) is 19.0. The average Bonchev–Trinajstić information content (AvgIpc) is 2.63. The van der Waals surface area contributed by atoms with E-state index in [1.54, 1.807) is 48.5 Å². The molecule has 0 unspecified atom stereocenters. The van der Waals surface area contributed by atoms with Crippen LogP contribution in [-0.4, -0.2) is 38.8 Å². The molecule has 26 heavy (non-hydrogen) atoms. The molecule has 0 radical (unpaired) electrons. The van der Waals surface area contributed by atoms with Crippen LogP contribution in [0.3, 0.4) is 0 Å². The highest BCUT2D eigenvalue weighted by Gasteiger charge is 2.20. The predicted molar refractivity (Wildman–Crippen MR) is 102 cm³/mol. The van der Waals surface area contributed by atoms with Crippen molar-refractivity contribution in [3.63, 3.8) is 0 Å². The molecule has 1 amide bonds. The molecule has 0 aromatic heterocycles. The first kappa shape index (κ1) is 19.9. The number of nitrogens with zero attached hydrogens (tertiary/aromatic N) is 1. The molecule has 7 heteroatoms. The van der Waals surface area contributed by atoms with Crippen molar-refractivity contribution in [2.75, 3.05) is 25.5 Å². The Balaban J connectivity index is 1.83. The van der Waals surface area contributed by atoms with Crippen molar-refractivity contribution in [3.8, 4) is 5.75 Å². The van der Waals surface area contributed by atoms with Crippen LogP contribution in [0, 0.1) is 0 Å². The summed E-state index contributed by atoms with van der Waals surface area (Å²) < 4.78 is 31.5. The van der Waals surface area contributed by atoms with Gasteiger partial charge in [0.05, 0.1) is 11.5 Å². The Morgan fingerprint density at radius 2 is 1.85 bits per heavy atom. The van der Waals surface area contributed by atoms with Gasteiger partial charge in [-0.25, -0.2) is 12.7 Å². The van der Waals surface area contributed by atoms with E-state index in [2.05, 4.69) is 5.32 Å². The first-order valence-corrected chi connectivity index (χ1v) is 9.91. The monoisotopic (exact) mass is 376 g/mol. The van der Waals surface area contributed by atoms with Gasteiger partial charge >= 0.3 is 0 Å². The quantitative estimate of drug-likeness (QED) is 0.730. The number of anilines is 1. The maximum absolute atomic E-state index is 12.4. The summed E-state index contributed by atoms with van der Waals surface area (Å²) in [6, 6.07) is 15.4. The first-order chi connectivity index (χ1) is 12.4. The van der Waals surface area contributed by atoms with Gasteiger partial charge in [0.2, 0.25) is 15.9 Å². The third-order valence-corrected chi connectivity index (χ3v) is 5.63. The molecule has 6 nitrogen and oxygen atoms in total. The Hall–Kier alpha value is -2.38. The summed E-state index contributed by atoms with van der Waals surface area (Å²) in [4.78, 5) is 12.3. The van der Waals surface area contributed by atoms with Crippen LogP contribution in [0.1, 0.15) is 19.8 Å². The molecule has 140 valence electrons. The van der Waals surface area contributed by atoms with Gasteiger partial charge in [0.25, 0.3) is 0 Å². The number of nitrogens with one attached hydrogen (secondary N) is 1. The molecule has 0 saturated heterocycles. The molecule has 0 saturated carbocycles. The minimum absolute atomic E-state index is 0.163. The van der Waals surface area contributed by atoms with Gasteiger partial charge in [-0.2, -0.15) is 0 Å². The standard InChI is InChI=1S/C19H24N2O4S/c1-3-25-17-10-7-9-16(15-17)20-19(22)13-8-14-21(2)26(23,24)18-11-5-4-6-12-18/h4-7,9-12,15H,3,8,13-14H2,1-2H3,(H,20,22). The van der Waals surface area contributed by atoms with Crippen molar-refractivity contribution >= 4 is 21.6 Å². The van der Waals surface area contributed by atoms with Gasteiger partial charge in [-0.3, -0.25) is 4.79 Å². The molecule has 1 N–H and O–H groups in total. The maximum atomic E-state index is 12.4. The molecule has 2 aromatic rings. The Kier molecular flexibility index (Phi) is 7.17. The Morgan fingerprint density at radius 3 is 2.54 bits per heavy atom. The molecule has 0 heterocycles. The highest BCUT2D eigenvalue weighted by molar-refractivity contribution is 7.89. The second-order valence-electron chi connectivity index (χ2n) is 5.75. The van der Waals surface area contributed by atoms with Crippen molar-refractivity contribution in [1.29, 1.82) is 0 Å². The fourth-order valence-corrected chi connectivity index (χ4v) is 3.64. The van der Waals surface area contributed by atoms with E-state index < -0.39 is 10.0 Å². The topological polar surface area (TPSA) is 75.7 Å². The van der Waals surface area contributed by atoms with Gasteiger partial charge in [0.1, 0.15) is 5.75 Å². The lowest BCUT2D eigenvalue weighted by Gasteiger charge is -2.17. The zero-order valence-electron chi connectivity index (χ0n) is 15.0. The van der Waals surface area contributed by atoms with E-state index in [9.17, 15) is 13.2 Å². The number of rotatable bonds is 9. The van der Waals surface area contributed by atoms with Crippen LogP contribution < -0.4 is 10.1 Å². The molecule has 0 fully saturated rings. The summed E-state index contributed by atoms with van der Waals surface area (Å²) in [5.41, 5.74) is 0.659. The summed E-state index contributed by atoms with van der Waals surface area (Å²) in [5.74, 6) is 0.531. The number of amides is 1. The van der Waals surface area contributed by atoms with Crippen LogP contribution in [0.25, 0.3) is 0 Å². The van der Waals surface area contributed by atoms with Gasteiger partial charge in [0.15, 0.2) is 0 Å². The van der Waals surface area contributed by atoms with E-state index in [-0.39, 0.29) is 23.8 Å². The third-order valence-electron chi connectivity index (χ3n) is 3.76. The number of benzene rings is 2. The molecule has 0 aliphatic rings. The normalized spacial score (nSPS) is 11.3. The lowest BCUT2D eigenvalue weighted by atomic mass is 10.2. The number of carbonyl (C=O) groups excluding carboxylic acids is 1. The largest absolute Gasteiger partial charge is 0.494 e. The molecule has 2 aromatic carbocycles. The van der Waals surface area contributed by atoms with Gasteiger partial charge in [-0.05, 0) is 37.6 Å². The van der Waals surface area contributed by atoms with Crippen molar-refractivity contribution < 1.29 is 17.9 Å². The first-order valence-electron chi connectivity index (χ1n) is 8.47. The Bertz CT molecular complexity index is 822. The van der Waals surface area contributed by atoms with Crippen LogP contribution >= 0.6 is 0 Å². The van der Waals surface area contributed by atoms with E-state index in [0.29, 0.717) is 24.5 Å². The van der Waals surface area contributed by atoms with E-state index in [0.717, 1.165) is 0 Å². The van der Waals surface area contributed by atoms with Gasteiger partial charge in [-0.1, -0.05) is 24.3 Å². The lowest BCUT2D eigenvalue weighted by molar-refractivity contribution is -0.116. The van der Waals surface area contributed by atoms with Crippen molar-refractivity contribution in [2.45, 2.75) is 24.7 Å². The van der Waals surface area contributed by atoms with Crippen LogP contribution in [0.5, 0.6) is 5.75 Å². The molecule has 0 bridgehead atoms. The summed E-state index contributed by atoms with van der Waals surface area (Å²) in [5, 5.41) is 2.80. The van der Waals surface area contributed by atoms with E-state index in [4.69, 9.17) is 4.74 Å². The van der Waals surface area contributed by atoms with Crippen LogP contribution in [0.2, 0.25) is 0 Å². The summed E-state index contributed by atoms with van der Waals surface area (Å²) in [7, 11) is -2.00. The maximum Gasteiger partial charge on any atom is 0.242 e. The fraction of sp³-hybridized carbons (Fsp3) is 0.316. The Morgan fingerprint density at radius 1 is 1.12 bits per heavy atom. The predicted octanol–water partition coefficient (Wildman–Crippen LogP) is 3.12. The Labute approximate surface area is 154 Å². The molecular formula is C19H24N2O4S. The second kappa shape index (κ2) is 9.35. The lowest BCUT2D eigenvalue weighted by Crippen LogP contribution is -2.28. The van der Waals surface area contributed by atoms with Crippen molar-refractivity contribution in [2.24, 2.45) is 0 Å². The summed E-state index contributed by atoms with van der Waals surface area (Å²) >= 11 is 0. The SMILES string of the molecule is CCOc1cccc(NC(=O)CCCN(C)S(=O)(=O)c2ccccc2)c1. The molecule has 0 spiro atoms. The molecule has 0 aliphatic carbocycles. The number of hydrogen-bond donors (Lipinski definition) is 1. The number of hydrogen-bond acceptors (Lipinski definition) is 4. The number of carbonyl (C=O) groups is 1. The number of sulfonamides is 1. The van der Waals surface area contributed by atoms with Crippen LogP contribution in [-0.2, 0) is 14.8 Å². The average molecular weight is 376 g/mol. The molecular weight excluding hydrogens is 352 g/mol. The summed E-state index contributed by atoms with van der Waals surface area (Å²) in [6.07, 6.45) is 0.660. The van der Waals surface area contributed by atoms with Gasteiger partial charge < -0.3 is 10.1 Å². The fourth-order valence-electron chi connectivity index (χ4n) is 2.41. The zero-order valence-corrected chi connectivity index (χ0v) is 15.8. The molecule has 0 atom stereocenters. The summed E-state index contributed by atoms with van der Waals surface area (Å²) in [6.45, 7) is 2.72. The highest BCUT2D eigenvalue weighted by atomic mass is 32.2. The van der Waals surface area contributed by atoms with Gasteiger partial charge in [-0.15, -0.1) is 0 Å². The van der Waals surface area contributed by atoms with Crippen molar-refractivity contribution in [1.82, 2.24) is 4.31 Å². The van der Waals surface area contributed by atoms with E-state index in [1.165, 1.54) is 11.4 Å². The smallest absolute Gasteiger partial charge is 0.242 e. The van der Waals surface area contributed by atoms with Gasteiger partial charge in [0, 0.05) is 31.8 Å². The van der Waals surface area contributed by atoms with Crippen LogP contribution in [0.4, 0.5) is 5.69 Å². The molecule has 2 rings (SSSR count). The van der Waals surface area contributed by atoms with E-state index >= 15 is 0 Å². The molecule has 0 aliphatic heterocycles. The minimum atomic E-state index is -3.52. The minimum Gasteiger partial charge on any atom is -0.494 e. The number of ether oxygens (including phenoxy) is 1. The third kappa shape index (κ3) is 5.57. The van der Waals surface area contributed by atoms with E-state index in [1.807, 2.05) is 13.0 Å². The highest BCUT2D eigenvalue weighted by Crippen LogP contribution is 2.18.